The van der Waals surface area contributed by atoms with E-state index < -0.39 is 11.5 Å². The zero-order valence-corrected chi connectivity index (χ0v) is 15.1. The average Bonchev–Trinajstić information content (AvgIpc) is 3.01. The fourth-order valence-electron chi connectivity index (χ4n) is 2.80. The molecule has 26 heavy (non-hydrogen) atoms. The number of fused-ring (bicyclic) bond motifs is 2. The highest BCUT2D eigenvalue weighted by atomic mass is 35.5. The highest BCUT2D eigenvalue weighted by Gasteiger charge is 2.22. The lowest BCUT2D eigenvalue weighted by molar-refractivity contribution is 0.102. The summed E-state index contributed by atoms with van der Waals surface area (Å²) >= 11 is 7.19. The predicted octanol–water partition coefficient (Wildman–Crippen LogP) is 3.76. The summed E-state index contributed by atoms with van der Waals surface area (Å²) in [6.45, 7) is 0. The molecular formula is C18H12ClN3O3S. The summed E-state index contributed by atoms with van der Waals surface area (Å²) in [5.74, 6) is -1.05. The Morgan fingerprint density at radius 2 is 2.04 bits per heavy atom. The second-order valence-corrected chi connectivity index (χ2v) is 7.16. The summed E-state index contributed by atoms with van der Waals surface area (Å²) in [6.07, 6.45) is 0. The number of nitrogens with one attached hydrogen (secondary N) is 1. The first-order valence-electron chi connectivity index (χ1n) is 7.64. The van der Waals surface area contributed by atoms with Gasteiger partial charge in [0.05, 0.1) is 15.7 Å². The van der Waals surface area contributed by atoms with Gasteiger partial charge < -0.3 is 9.67 Å². The molecule has 0 radical (unpaired) electrons. The van der Waals surface area contributed by atoms with E-state index in [0.717, 1.165) is 4.70 Å². The Bertz CT molecular complexity index is 1250. The summed E-state index contributed by atoms with van der Waals surface area (Å²) in [5, 5.41) is 14.4. The van der Waals surface area contributed by atoms with Gasteiger partial charge in [0.25, 0.3) is 11.5 Å². The molecule has 1 amide bonds. The Morgan fingerprint density at radius 1 is 1.27 bits per heavy atom. The van der Waals surface area contributed by atoms with Crippen LogP contribution >= 0.6 is 22.9 Å². The quantitative estimate of drug-likeness (QED) is 0.550. The molecule has 4 aromatic rings. The predicted molar refractivity (Wildman–Crippen MR) is 103 cm³/mol. The van der Waals surface area contributed by atoms with Crippen LogP contribution in [0.2, 0.25) is 5.02 Å². The first-order valence-corrected chi connectivity index (χ1v) is 8.83. The van der Waals surface area contributed by atoms with E-state index in [-0.39, 0.29) is 11.3 Å². The van der Waals surface area contributed by atoms with E-state index in [1.54, 1.807) is 49.5 Å². The van der Waals surface area contributed by atoms with E-state index >= 15 is 0 Å². The highest BCUT2D eigenvalue weighted by Crippen LogP contribution is 2.30. The summed E-state index contributed by atoms with van der Waals surface area (Å²) in [7, 11) is 1.56. The zero-order valence-electron chi connectivity index (χ0n) is 13.5. The van der Waals surface area contributed by atoms with Crippen LogP contribution in [0.25, 0.3) is 21.1 Å². The monoisotopic (exact) mass is 385 g/mol. The number of aromatic hydroxyl groups is 1. The number of aromatic nitrogens is 2. The van der Waals surface area contributed by atoms with Crippen molar-refractivity contribution < 1.29 is 9.90 Å². The second kappa shape index (κ2) is 6.12. The van der Waals surface area contributed by atoms with E-state index in [2.05, 4.69) is 10.3 Å². The molecule has 0 saturated carbocycles. The lowest BCUT2D eigenvalue weighted by Crippen LogP contribution is -2.28. The Kier molecular flexibility index (Phi) is 3.90. The Morgan fingerprint density at radius 3 is 2.85 bits per heavy atom. The van der Waals surface area contributed by atoms with Gasteiger partial charge in [-0.25, -0.2) is 4.98 Å². The molecule has 8 heteroatoms. The third-order valence-electron chi connectivity index (χ3n) is 4.07. The van der Waals surface area contributed by atoms with Crippen molar-refractivity contribution in [2.45, 2.75) is 0 Å². The van der Waals surface area contributed by atoms with Gasteiger partial charge in [-0.1, -0.05) is 35.1 Å². The van der Waals surface area contributed by atoms with E-state index in [9.17, 15) is 14.7 Å². The Hall–Kier alpha value is -2.90. The van der Waals surface area contributed by atoms with Crippen molar-refractivity contribution in [2.24, 2.45) is 7.05 Å². The minimum Gasteiger partial charge on any atom is -0.506 e. The fraction of sp³-hybridized carbons (Fsp3) is 0.0556. The number of hydrogen-bond donors (Lipinski definition) is 2. The lowest BCUT2D eigenvalue weighted by Gasteiger charge is -2.11. The van der Waals surface area contributed by atoms with Crippen LogP contribution in [0.4, 0.5) is 5.13 Å². The standard InChI is InChI=1S/C18H12ClN3O3S/c1-22-12-5-3-2-4-10(12)15(23)14(17(22)25)16(24)21-18-20-11-7-6-9(19)8-13(11)26-18/h2-8,23H,1H3,(H,20,21,24). The van der Waals surface area contributed by atoms with Crippen molar-refractivity contribution >= 4 is 55.1 Å². The first kappa shape index (κ1) is 16.6. The molecule has 0 aliphatic rings. The number of pyridine rings is 1. The normalized spacial score (nSPS) is 11.2. The van der Waals surface area contributed by atoms with Crippen molar-refractivity contribution in [1.29, 1.82) is 0 Å². The number of thiazole rings is 1. The number of para-hydroxylation sites is 1. The topological polar surface area (TPSA) is 84.2 Å². The van der Waals surface area contributed by atoms with Crippen LogP contribution in [-0.2, 0) is 7.05 Å². The first-order chi connectivity index (χ1) is 12.5. The SMILES string of the molecule is Cn1c(=O)c(C(=O)Nc2nc3ccc(Cl)cc3s2)c(O)c2ccccc21. The Balaban J connectivity index is 1.79. The van der Waals surface area contributed by atoms with Gasteiger partial charge in [-0.15, -0.1) is 0 Å². The van der Waals surface area contributed by atoms with Crippen LogP contribution in [0.15, 0.2) is 47.3 Å². The van der Waals surface area contributed by atoms with Gasteiger partial charge >= 0.3 is 0 Å². The number of anilines is 1. The molecule has 4 rings (SSSR count). The minimum absolute atomic E-state index is 0.316. The molecule has 2 aromatic heterocycles. The number of amides is 1. The highest BCUT2D eigenvalue weighted by molar-refractivity contribution is 7.22. The van der Waals surface area contributed by atoms with Crippen molar-refractivity contribution in [3.63, 3.8) is 0 Å². The molecule has 2 aromatic carbocycles. The van der Waals surface area contributed by atoms with Gasteiger partial charge in [0.2, 0.25) is 0 Å². The molecule has 0 spiro atoms. The van der Waals surface area contributed by atoms with Gasteiger partial charge in [-0.2, -0.15) is 0 Å². The molecule has 2 N–H and O–H groups in total. The van der Waals surface area contributed by atoms with Crippen LogP contribution in [0, 0.1) is 0 Å². The van der Waals surface area contributed by atoms with Gasteiger partial charge in [-0.05, 0) is 30.3 Å². The van der Waals surface area contributed by atoms with Gasteiger partial charge in [0.15, 0.2) is 5.13 Å². The molecule has 0 fully saturated rings. The van der Waals surface area contributed by atoms with E-state index in [1.807, 2.05) is 0 Å². The number of benzene rings is 2. The van der Waals surface area contributed by atoms with Crippen molar-refractivity contribution in [3.8, 4) is 5.75 Å². The number of hydrogen-bond acceptors (Lipinski definition) is 5. The number of carbonyl (C=O) groups excluding carboxylic acids is 1. The zero-order chi connectivity index (χ0) is 18.4. The van der Waals surface area contributed by atoms with Crippen molar-refractivity contribution in [2.75, 3.05) is 5.32 Å². The second-order valence-electron chi connectivity index (χ2n) is 5.69. The number of carbonyl (C=O) groups is 1. The molecule has 6 nitrogen and oxygen atoms in total. The molecule has 2 heterocycles. The van der Waals surface area contributed by atoms with E-state index in [0.29, 0.717) is 26.6 Å². The smallest absolute Gasteiger partial charge is 0.267 e. The van der Waals surface area contributed by atoms with Crippen LogP contribution < -0.4 is 10.9 Å². The minimum atomic E-state index is -0.709. The molecule has 0 unspecified atom stereocenters. The summed E-state index contributed by atoms with van der Waals surface area (Å²) < 4.78 is 2.14. The largest absolute Gasteiger partial charge is 0.506 e. The van der Waals surface area contributed by atoms with Gasteiger partial charge in [-0.3, -0.25) is 14.9 Å². The van der Waals surface area contributed by atoms with Crippen LogP contribution in [0.5, 0.6) is 5.75 Å². The third-order valence-corrected chi connectivity index (χ3v) is 5.24. The summed E-state index contributed by atoms with van der Waals surface area (Å²) in [4.78, 5) is 29.5. The summed E-state index contributed by atoms with van der Waals surface area (Å²) in [6, 6.07) is 12.0. The molecular weight excluding hydrogens is 374 g/mol. The van der Waals surface area contributed by atoms with Gasteiger partial charge in [0.1, 0.15) is 11.3 Å². The number of rotatable bonds is 2. The fourth-order valence-corrected chi connectivity index (χ4v) is 3.93. The van der Waals surface area contributed by atoms with E-state index in [4.69, 9.17) is 11.6 Å². The van der Waals surface area contributed by atoms with Gasteiger partial charge in [0, 0.05) is 17.5 Å². The Labute approximate surface area is 156 Å². The number of aryl methyl sites for hydroxylation is 1. The molecule has 0 saturated heterocycles. The molecule has 0 bridgehead atoms. The maximum Gasteiger partial charge on any atom is 0.267 e. The summed E-state index contributed by atoms with van der Waals surface area (Å²) in [5.41, 5.74) is 0.331. The maximum atomic E-state index is 12.7. The molecule has 0 aliphatic heterocycles. The number of halogens is 1. The van der Waals surface area contributed by atoms with Crippen LogP contribution in [0.3, 0.4) is 0 Å². The van der Waals surface area contributed by atoms with Crippen LogP contribution in [-0.4, -0.2) is 20.6 Å². The lowest BCUT2D eigenvalue weighted by atomic mass is 10.1. The maximum absolute atomic E-state index is 12.7. The van der Waals surface area contributed by atoms with Crippen molar-refractivity contribution in [1.82, 2.24) is 9.55 Å². The van der Waals surface area contributed by atoms with Crippen LogP contribution in [0.1, 0.15) is 10.4 Å². The van der Waals surface area contributed by atoms with E-state index in [1.165, 1.54) is 15.9 Å². The third kappa shape index (κ3) is 2.61. The number of nitrogens with zero attached hydrogens (tertiary/aromatic N) is 2. The molecule has 0 aliphatic carbocycles. The average molecular weight is 386 g/mol. The molecule has 130 valence electrons. The van der Waals surface area contributed by atoms with Crippen molar-refractivity contribution in [3.05, 3.63) is 63.4 Å². The molecule has 0 atom stereocenters.